The molecule has 32 heavy (non-hydrogen) atoms. The molecule has 0 atom stereocenters. The van der Waals surface area contributed by atoms with E-state index in [9.17, 15) is 18.0 Å². The van der Waals surface area contributed by atoms with E-state index in [1.807, 2.05) is 16.7 Å². The van der Waals surface area contributed by atoms with Crippen molar-refractivity contribution in [2.24, 2.45) is 5.92 Å². The van der Waals surface area contributed by atoms with E-state index < -0.39 is 11.9 Å². The first-order valence-corrected chi connectivity index (χ1v) is 10.9. The summed E-state index contributed by atoms with van der Waals surface area (Å²) in [7, 11) is 0. The lowest BCUT2D eigenvalue weighted by Gasteiger charge is -2.41. The summed E-state index contributed by atoms with van der Waals surface area (Å²) in [5.41, 5.74) is 1.93. The number of amides is 1. The van der Waals surface area contributed by atoms with Gasteiger partial charge in [-0.25, -0.2) is 15.0 Å². The normalized spacial score (nSPS) is 18.5. The Bertz CT molecular complexity index is 1060. The van der Waals surface area contributed by atoms with Crippen molar-refractivity contribution in [3.8, 4) is 0 Å². The second kappa shape index (κ2) is 7.60. The molecule has 0 unspecified atom stereocenters. The Kier molecular flexibility index (Phi) is 4.98. The van der Waals surface area contributed by atoms with Gasteiger partial charge in [-0.3, -0.25) is 4.79 Å². The van der Waals surface area contributed by atoms with Crippen molar-refractivity contribution in [3.63, 3.8) is 0 Å². The predicted octanol–water partition coefficient (Wildman–Crippen LogP) is 3.09. The van der Waals surface area contributed by atoms with Crippen LogP contribution in [0.4, 0.5) is 24.7 Å². The molecule has 2 aromatic heterocycles. The van der Waals surface area contributed by atoms with Crippen LogP contribution in [0.2, 0.25) is 0 Å². The van der Waals surface area contributed by atoms with E-state index in [4.69, 9.17) is 0 Å². The van der Waals surface area contributed by atoms with Crippen molar-refractivity contribution in [1.29, 1.82) is 0 Å². The van der Waals surface area contributed by atoms with Crippen molar-refractivity contribution < 1.29 is 18.0 Å². The van der Waals surface area contributed by atoms with E-state index in [1.54, 1.807) is 13.0 Å². The summed E-state index contributed by atoms with van der Waals surface area (Å²) in [5, 5.41) is 0. The fourth-order valence-electron chi connectivity index (χ4n) is 4.59. The number of halogens is 3. The van der Waals surface area contributed by atoms with Crippen LogP contribution in [0, 0.1) is 19.8 Å². The Balaban J connectivity index is 1.20. The van der Waals surface area contributed by atoms with Gasteiger partial charge in [0, 0.05) is 55.5 Å². The third-order valence-corrected chi connectivity index (χ3v) is 6.39. The molecule has 2 saturated heterocycles. The van der Waals surface area contributed by atoms with Gasteiger partial charge in [0.25, 0.3) is 0 Å². The van der Waals surface area contributed by atoms with Crippen LogP contribution >= 0.6 is 0 Å². The molecule has 0 bridgehead atoms. The quantitative estimate of drug-likeness (QED) is 0.719. The summed E-state index contributed by atoms with van der Waals surface area (Å²) in [5.74, 6) is 1.86. The smallest absolute Gasteiger partial charge is 0.371 e. The van der Waals surface area contributed by atoms with Gasteiger partial charge in [-0.2, -0.15) is 13.2 Å². The summed E-state index contributed by atoms with van der Waals surface area (Å²) < 4.78 is 39.2. The number of hydrogen-bond donors (Lipinski definition) is 0. The average molecular weight is 446 g/mol. The lowest BCUT2D eigenvalue weighted by atomic mass is 9.94. The van der Waals surface area contributed by atoms with Crippen LogP contribution < -0.4 is 9.80 Å². The Morgan fingerprint density at radius 3 is 2.47 bits per heavy atom. The number of alkyl halides is 3. The number of carbonyl (C=O) groups excluding carboxylic acids is 1. The lowest BCUT2D eigenvalue weighted by Crippen LogP contribution is -2.48. The molecule has 3 aliphatic heterocycles. The Hall–Kier alpha value is -2.91. The molecule has 10 heteroatoms. The second-order valence-electron chi connectivity index (χ2n) is 8.93. The van der Waals surface area contributed by atoms with Gasteiger partial charge >= 0.3 is 6.18 Å². The first-order valence-electron chi connectivity index (χ1n) is 10.9. The van der Waals surface area contributed by atoms with Crippen molar-refractivity contribution in [3.05, 3.63) is 40.6 Å². The Morgan fingerprint density at radius 1 is 1.06 bits per heavy atom. The standard InChI is InChI=1S/C22H25F3N6O/c1-13-6-16(8-19(26-13)22(23,24)25)30-9-15(10-30)7-20(32)31-11-17-18(12-31)27-14(2)28-21(17)29-4-3-5-29/h6,8,15H,3-5,7,9-12H2,1-2H3. The van der Waals surface area contributed by atoms with Crippen molar-refractivity contribution in [2.75, 3.05) is 36.0 Å². The molecule has 3 aliphatic rings. The third-order valence-electron chi connectivity index (χ3n) is 6.39. The van der Waals surface area contributed by atoms with E-state index in [1.165, 1.54) is 0 Å². The van der Waals surface area contributed by atoms with Crippen LogP contribution in [-0.2, 0) is 24.1 Å². The molecule has 0 aromatic carbocycles. The van der Waals surface area contributed by atoms with Crippen LogP contribution in [0.5, 0.6) is 0 Å². The third kappa shape index (κ3) is 3.86. The average Bonchev–Trinajstić information content (AvgIpc) is 3.05. The number of aromatic nitrogens is 3. The lowest BCUT2D eigenvalue weighted by molar-refractivity contribution is -0.141. The first-order chi connectivity index (χ1) is 15.2. The molecule has 5 rings (SSSR count). The zero-order valence-corrected chi connectivity index (χ0v) is 18.1. The molecule has 2 fully saturated rings. The van der Waals surface area contributed by atoms with Crippen LogP contribution in [0.25, 0.3) is 0 Å². The Labute approximate surface area is 184 Å². The fourth-order valence-corrected chi connectivity index (χ4v) is 4.59. The summed E-state index contributed by atoms with van der Waals surface area (Å²) in [6.07, 6.45) is -2.94. The number of pyridine rings is 1. The summed E-state index contributed by atoms with van der Waals surface area (Å²) >= 11 is 0. The molecule has 0 saturated carbocycles. The largest absolute Gasteiger partial charge is 0.433 e. The van der Waals surface area contributed by atoms with Crippen LogP contribution in [-0.4, -0.2) is 51.9 Å². The highest BCUT2D eigenvalue weighted by molar-refractivity contribution is 5.78. The summed E-state index contributed by atoms with van der Waals surface area (Å²) in [6.45, 7) is 7.54. The maximum Gasteiger partial charge on any atom is 0.433 e. The maximum absolute atomic E-state index is 13.1. The van der Waals surface area contributed by atoms with E-state index >= 15 is 0 Å². The van der Waals surface area contributed by atoms with E-state index in [0.717, 1.165) is 48.5 Å². The van der Waals surface area contributed by atoms with Crippen LogP contribution in [0.1, 0.15) is 41.3 Å². The number of carbonyl (C=O) groups is 1. The zero-order chi connectivity index (χ0) is 22.6. The van der Waals surface area contributed by atoms with Gasteiger partial charge in [-0.15, -0.1) is 0 Å². The van der Waals surface area contributed by atoms with E-state index in [0.29, 0.717) is 44.0 Å². The van der Waals surface area contributed by atoms with Gasteiger partial charge < -0.3 is 14.7 Å². The highest BCUT2D eigenvalue weighted by Gasteiger charge is 2.37. The summed E-state index contributed by atoms with van der Waals surface area (Å²) in [6, 6.07) is 2.74. The van der Waals surface area contributed by atoms with Crippen molar-refractivity contribution in [2.45, 2.75) is 46.0 Å². The number of nitrogens with zero attached hydrogens (tertiary/aromatic N) is 6. The number of rotatable bonds is 4. The zero-order valence-electron chi connectivity index (χ0n) is 18.1. The first kappa shape index (κ1) is 21.0. The molecule has 1 amide bonds. The highest BCUT2D eigenvalue weighted by atomic mass is 19.4. The number of anilines is 2. The SMILES string of the molecule is Cc1cc(N2CC(CC(=O)N3Cc4nc(C)nc(N5CCC5)c4C3)C2)cc(C(F)(F)F)n1. The van der Waals surface area contributed by atoms with E-state index in [-0.39, 0.29) is 11.8 Å². The van der Waals surface area contributed by atoms with Crippen molar-refractivity contribution >= 4 is 17.4 Å². The van der Waals surface area contributed by atoms with Gasteiger partial charge in [0.05, 0.1) is 18.8 Å². The minimum Gasteiger partial charge on any atom is -0.371 e. The van der Waals surface area contributed by atoms with Gasteiger partial charge in [-0.05, 0) is 32.4 Å². The van der Waals surface area contributed by atoms with Gasteiger partial charge in [0.1, 0.15) is 17.3 Å². The molecular formula is C22H25F3N6O. The molecular weight excluding hydrogens is 421 g/mol. The topological polar surface area (TPSA) is 65.5 Å². The second-order valence-corrected chi connectivity index (χ2v) is 8.93. The molecule has 0 spiro atoms. The highest BCUT2D eigenvalue weighted by Crippen LogP contribution is 2.35. The minimum atomic E-state index is -4.47. The minimum absolute atomic E-state index is 0.0572. The van der Waals surface area contributed by atoms with E-state index in [2.05, 4.69) is 19.9 Å². The van der Waals surface area contributed by atoms with Gasteiger partial charge in [0.15, 0.2) is 0 Å². The molecule has 5 heterocycles. The van der Waals surface area contributed by atoms with Gasteiger partial charge in [-0.1, -0.05) is 0 Å². The Morgan fingerprint density at radius 2 is 1.81 bits per heavy atom. The fraction of sp³-hybridized carbons (Fsp3) is 0.545. The molecule has 170 valence electrons. The van der Waals surface area contributed by atoms with Gasteiger partial charge in [0.2, 0.25) is 5.91 Å². The molecule has 7 nitrogen and oxygen atoms in total. The van der Waals surface area contributed by atoms with Crippen LogP contribution in [0.15, 0.2) is 12.1 Å². The predicted molar refractivity (Wildman–Crippen MR) is 112 cm³/mol. The number of hydrogen-bond acceptors (Lipinski definition) is 6. The maximum atomic E-state index is 13.1. The molecule has 0 N–H and O–H groups in total. The summed E-state index contributed by atoms with van der Waals surface area (Å²) in [4.78, 5) is 31.6. The van der Waals surface area contributed by atoms with Crippen LogP contribution in [0.3, 0.4) is 0 Å². The van der Waals surface area contributed by atoms with Crippen molar-refractivity contribution in [1.82, 2.24) is 19.9 Å². The molecule has 2 aromatic rings. The monoisotopic (exact) mass is 446 g/mol. The molecule has 0 aliphatic carbocycles. The number of fused-ring (bicyclic) bond motifs is 1. The number of aryl methyl sites for hydroxylation is 2. The molecule has 0 radical (unpaired) electrons.